The molecule has 0 radical (unpaired) electrons. The van der Waals surface area contributed by atoms with Gasteiger partial charge in [-0.15, -0.1) is 0 Å². The molecule has 0 bridgehead atoms. The highest BCUT2D eigenvalue weighted by atomic mass is 19.4. The molecular formula is C20H19BF6O2. The predicted octanol–water partition coefficient (Wildman–Crippen LogP) is 5.69. The number of benzene rings is 2. The normalized spacial score (nSPS) is 18.9. The fourth-order valence-electron chi connectivity index (χ4n) is 3.05. The molecule has 2 aromatic carbocycles. The summed E-state index contributed by atoms with van der Waals surface area (Å²) in [5.41, 5.74) is -3.83. The highest BCUT2D eigenvalue weighted by molar-refractivity contribution is 6.63. The molecule has 29 heavy (non-hydrogen) atoms. The number of halogens is 6. The standard InChI is InChI=1S/C20H19BF6O2/c1-17(2)18(3,4)29-21(28-17)16-8-6-5-7-15(16)12-9-13(19(22,23)24)11-14(10-12)20(25,26)27/h5-11H,1-4H3. The Morgan fingerprint density at radius 1 is 0.724 bits per heavy atom. The van der Waals surface area contributed by atoms with Crippen LogP contribution >= 0.6 is 0 Å². The summed E-state index contributed by atoms with van der Waals surface area (Å²) in [4.78, 5) is 0. The quantitative estimate of drug-likeness (QED) is 0.463. The van der Waals surface area contributed by atoms with Crippen LogP contribution in [0.4, 0.5) is 26.3 Å². The van der Waals surface area contributed by atoms with Gasteiger partial charge in [-0.05, 0) is 62.5 Å². The van der Waals surface area contributed by atoms with Gasteiger partial charge in [0.2, 0.25) is 0 Å². The van der Waals surface area contributed by atoms with Crippen molar-refractivity contribution in [3.8, 4) is 11.1 Å². The molecule has 0 N–H and O–H groups in total. The molecule has 0 unspecified atom stereocenters. The second-order valence-corrected chi connectivity index (χ2v) is 7.97. The third kappa shape index (κ3) is 4.16. The zero-order valence-electron chi connectivity index (χ0n) is 16.2. The molecule has 0 spiro atoms. The summed E-state index contributed by atoms with van der Waals surface area (Å²) in [6, 6.07) is 7.72. The second-order valence-electron chi connectivity index (χ2n) is 7.97. The number of hydrogen-bond acceptors (Lipinski definition) is 2. The molecule has 1 aliphatic rings. The van der Waals surface area contributed by atoms with Crippen molar-refractivity contribution in [3.05, 3.63) is 53.6 Å². The van der Waals surface area contributed by atoms with E-state index in [1.807, 2.05) is 27.7 Å². The Balaban J connectivity index is 2.16. The van der Waals surface area contributed by atoms with Gasteiger partial charge in [0.25, 0.3) is 0 Å². The molecule has 1 heterocycles. The molecule has 0 amide bonds. The SMILES string of the molecule is CC1(C)OB(c2ccccc2-c2cc(C(F)(F)F)cc(C(F)(F)F)c2)OC1(C)C. The molecular weight excluding hydrogens is 397 g/mol. The topological polar surface area (TPSA) is 18.5 Å². The fourth-order valence-corrected chi connectivity index (χ4v) is 3.05. The minimum atomic E-state index is -4.92. The van der Waals surface area contributed by atoms with Crippen LogP contribution in [0.15, 0.2) is 42.5 Å². The van der Waals surface area contributed by atoms with Gasteiger partial charge in [-0.1, -0.05) is 24.3 Å². The summed E-state index contributed by atoms with van der Waals surface area (Å²) in [5, 5.41) is 0. The first-order valence-corrected chi connectivity index (χ1v) is 8.86. The first-order chi connectivity index (χ1) is 13.1. The molecule has 2 nitrogen and oxygen atoms in total. The van der Waals surface area contributed by atoms with Crippen molar-refractivity contribution in [1.82, 2.24) is 0 Å². The van der Waals surface area contributed by atoms with Crippen LogP contribution in [0.2, 0.25) is 0 Å². The smallest absolute Gasteiger partial charge is 0.399 e. The largest absolute Gasteiger partial charge is 0.495 e. The van der Waals surface area contributed by atoms with E-state index >= 15 is 0 Å². The van der Waals surface area contributed by atoms with Crippen LogP contribution in [0.3, 0.4) is 0 Å². The maximum Gasteiger partial charge on any atom is 0.495 e. The van der Waals surface area contributed by atoms with Gasteiger partial charge in [-0.2, -0.15) is 26.3 Å². The summed E-state index contributed by atoms with van der Waals surface area (Å²) < 4.78 is 91.3. The lowest BCUT2D eigenvalue weighted by Gasteiger charge is -2.32. The van der Waals surface area contributed by atoms with Crippen LogP contribution in [0, 0.1) is 0 Å². The van der Waals surface area contributed by atoms with E-state index < -0.39 is 41.8 Å². The first kappa shape index (κ1) is 21.7. The van der Waals surface area contributed by atoms with Crippen molar-refractivity contribution in [1.29, 1.82) is 0 Å². The molecule has 0 aliphatic carbocycles. The Morgan fingerprint density at radius 2 is 1.17 bits per heavy atom. The third-order valence-electron chi connectivity index (χ3n) is 5.37. The molecule has 1 aliphatic heterocycles. The van der Waals surface area contributed by atoms with Crippen LogP contribution in [-0.2, 0) is 21.7 Å². The van der Waals surface area contributed by atoms with Gasteiger partial charge in [0.15, 0.2) is 0 Å². The molecule has 9 heteroatoms. The Morgan fingerprint density at radius 3 is 1.62 bits per heavy atom. The van der Waals surface area contributed by atoms with Crippen molar-refractivity contribution in [2.45, 2.75) is 51.2 Å². The van der Waals surface area contributed by atoms with Gasteiger partial charge in [0.1, 0.15) is 0 Å². The zero-order valence-corrected chi connectivity index (χ0v) is 16.2. The molecule has 0 atom stereocenters. The van der Waals surface area contributed by atoms with Crippen LogP contribution < -0.4 is 5.46 Å². The van der Waals surface area contributed by atoms with Gasteiger partial charge in [0, 0.05) is 0 Å². The summed E-state index contributed by atoms with van der Waals surface area (Å²) in [6.07, 6.45) is -9.84. The number of hydrogen-bond donors (Lipinski definition) is 0. The van der Waals surface area contributed by atoms with Crippen molar-refractivity contribution in [3.63, 3.8) is 0 Å². The van der Waals surface area contributed by atoms with E-state index in [2.05, 4.69) is 0 Å². The zero-order chi connectivity index (χ0) is 21.8. The maximum absolute atomic E-state index is 13.2. The fraction of sp³-hybridized carbons (Fsp3) is 0.400. The molecule has 156 valence electrons. The van der Waals surface area contributed by atoms with Crippen LogP contribution in [0.25, 0.3) is 11.1 Å². The summed E-state index contributed by atoms with van der Waals surface area (Å²) in [6.45, 7) is 7.23. The third-order valence-corrected chi connectivity index (χ3v) is 5.37. The molecule has 1 saturated heterocycles. The monoisotopic (exact) mass is 416 g/mol. The summed E-state index contributed by atoms with van der Waals surface area (Å²) in [7, 11) is -0.930. The molecule has 2 aromatic rings. The van der Waals surface area contributed by atoms with E-state index in [1.54, 1.807) is 12.1 Å². The van der Waals surface area contributed by atoms with Gasteiger partial charge >= 0.3 is 19.5 Å². The molecule has 0 saturated carbocycles. The van der Waals surface area contributed by atoms with E-state index in [0.29, 0.717) is 17.6 Å². The molecule has 1 fully saturated rings. The summed E-state index contributed by atoms with van der Waals surface area (Å²) >= 11 is 0. The Hall–Kier alpha value is -2.00. The average molecular weight is 416 g/mol. The number of alkyl halides is 6. The minimum Gasteiger partial charge on any atom is -0.399 e. The maximum atomic E-state index is 13.2. The Kier molecular flexibility index (Phi) is 5.07. The minimum absolute atomic E-state index is 0.112. The Labute approximate surface area is 165 Å². The Bertz CT molecular complexity index is 870. The van der Waals surface area contributed by atoms with E-state index in [4.69, 9.17) is 9.31 Å². The highest BCUT2D eigenvalue weighted by Gasteiger charge is 2.52. The summed E-state index contributed by atoms with van der Waals surface area (Å²) in [5.74, 6) is 0. The molecule has 0 aromatic heterocycles. The lowest BCUT2D eigenvalue weighted by atomic mass is 9.74. The van der Waals surface area contributed by atoms with Crippen molar-refractivity contribution in [2.75, 3.05) is 0 Å². The van der Waals surface area contributed by atoms with Crippen molar-refractivity contribution < 1.29 is 35.7 Å². The van der Waals surface area contributed by atoms with Crippen molar-refractivity contribution >= 4 is 12.6 Å². The van der Waals surface area contributed by atoms with Crippen LogP contribution in [0.1, 0.15) is 38.8 Å². The van der Waals surface area contributed by atoms with E-state index in [0.717, 1.165) is 0 Å². The van der Waals surface area contributed by atoms with Gasteiger partial charge in [-0.25, -0.2) is 0 Å². The lowest BCUT2D eigenvalue weighted by Crippen LogP contribution is -2.41. The van der Waals surface area contributed by atoms with E-state index in [1.165, 1.54) is 12.1 Å². The predicted molar refractivity (Wildman–Crippen MR) is 97.6 cm³/mol. The van der Waals surface area contributed by atoms with Crippen LogP contribution in [-0.4, -0.2) is 18.3 Å². The van der Waals surface area contributed by atoms with Gasteiger partial charge < -0.3 is 9.31 Å². The first-order valence-electron chi connectivity index (χ1n) is 8.86. The van der Waals surface area contributed by atoms with Gasteiger partial charge in [-0.3, -0.25) is 0 Å². The van der Waals surface area contributed by atoms with E-state index in [9.17, 15) is 26.3 Å². The lowest BCUT2D eigenvalue weighted by molar-refractivity contribution is -0.143. The van der Waals surface area contributed by atoms with Crippen molar-refractivity contribution in [2.24, 2.45) is 0 Å². The van der Waals surface area contributed by atoms with Crippen LogP contribution in [0.5, 0.6) is 0 Å². The highest BCUT2D eigenvalue weighted by Crippen LogP contribution is 2.40. The second kappa shape index (κ2) is 6.77. The average Bonchev–Trinajstić information content (AvgIpc) is 2.80. The van der Waals surface area contributed by atoms with Gasteiger partial charge in [0.05, 0.1) is 22.3 Å². The van der Waals surface area contributed by atoms with E-state index in [-0.39, 0.29) is 17.2 Å². The number of rotatable bonds is 2. The molecule has 3 rings (SSSR count).